The van der Waals surface area contributed by atoms with E-state index in [1.807, 2.05) is 27.8 Å². The largest absolute Gasteiger partial charge is 0.465 e. The molecule has 1 rings (SSSR count). The molecular weight excluding hydrogens is 268 g/mol. The van der Waals surface area contributed by atoms with E-state index in [0.717, 1.165) is 39.0 Å². The van der Waals surface area contributed by atoms with Crippen LogP contribution in [0.25, 0.3) is 0 Å². The molecule has 0 aromatic rings. The number of carbonyl (C=O) groups is 1. The van der Waals surface area contributed by atoms with Gasteiger partial charge < -0.3 is 19.7 Å². The highest BCUT2D eigenvalue weighted by molar-refractivity contribution is 5.80. The van der Waals surface area contributed by atoms with Gasteiger partial charge in [-0.2, -0.15) is 0 Å². The first-order valence-electron chi connectivity index (χ1n) is 8.18. The molecule has 1 N–H and O–H groups in total. The normalized spacial score (nSPS) is 21.8. The number of likely N-dealkylation sites (N-methyl/N-ethyl adjacent to an activating group) is 1. The Labute approximate surface area is 129 Å². The molecule has 0 amide bonds. The topological polar surface area (TPSA) is 50.8 Å². The first-order chi connectivity index (χ1) is 9.96. The predicted molar refractivity (Wildman–Crippen MR) is 84.4 cm³/mol. The van der Waals surface area contributed by atoms with E-state index in [0.29, 0.717) is 18.8 Å². The van der Waals surface area contributed by atoms with E-state index in [1.54, 1.807) is 0 Å². The van der Waals surface area contributed by atoms with Crippen LogP contribution in [-0.2, 0) is 14.3 Å². The van der Waals surface area contributed by atoms with Crippen LogP contribution < -0.4 is 5.32 Å². The van der Waals surface area contributed by atoms with Gasteiger partial charge in [-0.15, -0.1) is 0 Å². The van der Waals surface area contributed by atoms with Gasteiger partial charge in [-0.05, 0) is 54.0 Å². The zero-order chi connectivity index (χ0) is 15.9. The van der Waals surface area contributed by atoms with E-state index in [9.17, 15) is 4.79 Å². The minimum atomic E-state index is -0.619. The van der Waals surface area contributed by atoms with Crippen molar-refractivity contribution in [3.8, 4) is 0 Å². The lowest BCUT2D eigenvalue weighted by molar-refractivity contribution is -0.151. The van der Waals surface area contributed by atoms with Crippen molar-refractivity contribution in [1.82, 2.24) is 10.2 Å². The van der Waals surface area contributed by atoms with E-state index in [2.05, 4.69) is 17.1 Å². The van der Waals surface area contributed by atoms with Crippen molar-refractivity contribution >= 4 is 5.97 Å². The molecule has 5 nitrogen and oxygen atoms in total. The van der Waals surface area contributed by atoms with Crippen LogP contribution in [0.15, 0.2) is 0 Å². The highest BCUT2D eigenvalue weighted by Crippen LogP contribution is 2.22. The van der Waals surface area contributed by atoms with Gasteiger partial charge in [-0.1, -0.05) is 0 Å². The first-order valence-corrected chi connectivity index (χ1v) is 8.18. The Balaban J connectivity index is 2.51. The third kappa shape index (κ3) is 5.24. The van der Waals surface area contributed by atoms with Gasteiger partial charge in [0.1, 0.15) is 5.54 Å². The molecule has 1 saturated heterocycles. The van der Waals surface area contributed by atoms with Crippen LogP contribution >= 0.6 is 0 Å². The SMILES string of the molecule is CCOC(=O)C(C)(CC(C)N1CCC(OCC)CC1)NC. The van der Waals surface area contributed by atoms with Gasteiger partial charge in [0.2, 0.25) is 0 Å². The molecule has 0 saturated carbocycles. The molecule has 1 heterocycles. The van der Waals surface area contributed by atoms with E-state index >= 15 is 0 Å². The van der Waals surface area contributed by atoms with E-state index < -0.39 is 5.54 Å². The zero-order valence-electron chi connectivity index (χ0n) is 14.3. The second-order valence-electron chi connectivity index (χ2n) is 6.05. The van der Waals surface area contributed by atoms with Crippen LogP contribution in [0.3, 0.4) is 0 Å². The summed E-state index contributed by atoms with van der Waals surface area (Å²) < 4.78 is 10.9. The van der Waals surface area contributed by atoms with Gasteiger partial charge in [0.25, 0.3) is 0 Å². The Kier molecular flexibility index (Phi) is 7.63. The smallest absolute Gasteiger partial charge is 0.326 e. The van der Waals surface area contributed by atoms with E-state index in [4.69, 9.17) is 9.47 Å². The van der Waals surface area contributed by atoms with Crippen molar-refractivity contribution in [2.45, 2.75) is 64.6 Å². The summed E-state index contributed by atoms with van der Waals surface area (Å²) in [6.07, 6.45) is 3.31. The number of hydrogen-bond donors (Lipinski definition) is 1. The van der Waals surface area contributed by atoms with Crippen LogP contribution in [0.4, 0.5) is 0 Å². The average molecular weight is 300 g/mol. The lowest BCUT2D eigenvalue weighted by Gasteiger charge is -2.39. The number of ether oxygens (including phenoxy) is 2. The van der Waals surface area contributed by atoms with Crippen LogP contribution in [0.5, 0.6) is 0 Å². The summed E-state index contributed by atoms with van der Waals surface area (Å²) >= 11 is 0. The quantitative estimate of drug-likeness (QED) is 0.693. The fraction of sp³-hybridized carbons (Fsp3) is 0.938. The summed E-state index contributed by atoms with van der Waals surface area (Å²) in [6, 6.07) is 0.342. The summed E-state index contributed by atoms with van der Waals surface area (Å²) in [7, 11) is 1.82. The molecule has 0 bridgehead atoms. The van der Waals surface area contributed by atoms with Crippen molar-refractivity contribution in [3.63, 3.8) is 0 Å². The van der Waals surface area contributed by atoms with Crippen LogP contribution in [0.1, 0.15) is 47.0 Å². The molecule has 1 aliphatic rings. The minimum Gasteiger partial charge on any atom is -0.465 e. The van der Waals surface area contributed by atoms with Gasteiger partial charge in [0, 0.05) is 25.7 Å². The van der Waals surface area contributed by atoms with Gasteiger partial charge in [0.15, 0.2) is 0 Å². The van der Waals surface area contributed by atoms with Crippen molar-refractivity contribution in [2.75, 3.05) is 33.4 Å². The average Bonchev–Trinajstić information content (AvgIpc) is 2.48. The van der Waals surface area contributed by atoms with Crippen molar-refractivity contribution in [2.24, 2.45) is 0 Å². The molecule has 0 aliphatic carbocycles. The molecule has 2 unspecified atom stereocenters. The van der Waals surface area contributed by atoms with Crippen molar-refractivity contribution in [1.29, 1.82) is 0 Å². The lowest BCUT2D eigenvalue weighted by atomic mass is 9.92. The molecule has 5 heteroatoms. The van der Waals surface area contributed by atoms with Gasteiger partial charge in [0.05, 0.1) is 12.7 Å². The Morgan fingerprint density at radius 1 is 1.33 bits per heavy atom. The van der Waals surface area contributed by atoms with Gasteiger partial charge in [-0.25, -0.2) is 0 Å². The van der Waals surface area contributed by atoms with Crippen molar-refractivity contribution < 1.29 is 14.3 Å². The van der Waals surface area contributed by atoms with Crippen LogP contribution in [0.2, 0.25) is 0 Å². The fourth-order valence-electron chi connectivity index (χ4n) is 3.02. The summed E-state index contributed by atoms with van der Waals surface area (Å²) in [5, 5.41) is 3.14. The number of rotatable bonds is 8. The number of nitrogens with zero attached hydrogens (tertiary/aromatic N) is 1. The summed E-state index contributed by atoms with van der Waals surface area (Å²) in [5.74, 6) is -0.163. The maximum absolute atomic E-state index is 12.1. The monoisotopic (exact) mass is 300 g/mol. The minimum absolute atomic E-state index is 0.163. The second kappa shape index (κ2) is 8.71. The maximum atomic E-state index is 12.1. The van der Waals surface area contributed by atoms with Crippen LogP contribution in [-0.4, -0.2) is 61.9 Å². The van der Waals surface area contributed by atoms with Crippen molar-refractivity contribution in [3.05, 3.63) is 0 Å². The standard InChI is InChI=1S/C16H32N2O3/c1-6-20-14-8-10-18(11-9-14)13(3)12-16(4,17-5)15(19)21-7-2/h13-14,17H,6-12H2,1-5H3. The highest BCUT2D eigenvalue weighted by Gasteiger charge is 2.36. The number of nitrogens with one attached hydrogen (secondary N) is 1. The maximum Gasteiger partial charge on any atom is 0.326 e. The Morgan fingerprint density at radius 3 is 2.43 bits per heavy atom. The molecule has 21 heavy (non-hydrogen) atoms. The van der Waals surface area contributed by atoms with Gasteiger partial charge >= 0.3 is 5.97 Å². The Morgan fingerprint density at radius 2 is 1.95 bits per heavy atom. The molecule has 0 radical (unpaired) electrons. The molecular formula is C16H32N2O3. The molecule has 0 aromatic carbocycles. The fourth-order valence-corrected chi connectivity index (χ4v) is 3.02. The number of carbonyl (C=O) groups excluding carboxylic acids is 1. The molecule has 2 atom stereocenters. The lowest BCUT2D eigenvalue weighted by Crippen LogP contribution is -2.54. The van der Waals surface area contributed by atoms with Crippen LogP contribution in [0, 0.1) is 0 Å². The molecule has 0 spiro atoms. The molecule has 1 fully saturated rings. The summed E-state index contributed by atoms with van der Waals surface area (Å²) in [6.45, 7) is 11.3. The first kappa shape index (κ1) is 18.4. The highest BCUT2D eigenvalue weighted by atomic mass is 16.5. The second-order valence-corrected chi connectivity index (χ2v) is 6.05. The zero-order valence-corrected chi connectivity index (χ0v) is 14.3. The Bertz CT molecular complexity index is 317. The number of esters is 1. The number of hydrogen-bond acceptors (Lipinski definition) is 5. The van der Waals surface area contributed by atoms with E-state index in [1.165, 1.54) is 0 Å². The third-order valence-corrected chi connectivity index (χ3v) is 4.48. The number of piperidine rings is 1. The summed E-state index contributed by atoms with van der Waals surface area (Å²) in [5.41, 5.74) is -0.619. The molecule has 1 aliphatic heterocycles. The molecule has 124 valence electrons. The Hall–Kier alpha value is -0.650. The summed E-state index contributed by atoms with van der Waals surface area (Å²) in [4.78, 5) is 14.6. The number of likely N-dealkylation sites (tertiary alicyclic amines) is 1. The van der Waals surface area contributed by atoms with E-state index in [-0.39, 0.29) is 5.97 Å². The molecule has 0 aromatic heterocycles. The third-order valence-electron chi connectivity index (χ3n) is 4.48. The predicted octanol–water partition coefficient (Wildman–Crippen LogP) is 1.81. The van der Waals surface area contributed by atoms with Gasteiger partial charge in [-0.3, -0.25) is 4.79 Å².